The van der Waals surface area contributed by atoms with Gasteiger partial charge in [-0.2, -0.15) is 13.6 Å². The Hall–Kier alpha value is -0.0900. The van der Waals surface area contributed by atoms with E-state index in [1.807, 2.05) is 20.8 Å². The first-order valence-corrected chi connectivity index (χ1v) is 16.6. The summed E-state index contributed by atoms with van der Waals surface area (Å²) in [5, 5.41) is 0. The Balaban J connectivity index is 2.09. The van der Waals surface area contributed by atoms with Gasteiger partial charge in [0, 0.05) is 23.1 Å². The summed E-state index contributed by atoms with van der Waals surface area (Å²) in [6.45, 7) is 6.99. The smallest absolute Gasteiger partial charge is 0.364 e. The summed E-state index contributed by atoms with van der Waals surface area (Å²) in [7, 11) is -13.5. The normalized spacial score (nSPS) is 24.7. The van der Waals surface area contributed by atoms with Crippen molar-refractivity contribution in [1.29, 1.82) is 0 Å². The van der Waals surface area contributed by atoms with Gasteiger partial charge in [0.2, 0.25) is 0 Å². The maximum atomic E-state index is 12.3. The van der Waals surface area contributed by atoms with Crippen LogP contribution in [0.4, 0.5) is 0 Å². The van der Waals surface area contributed by atoms with Gasteiger partial charge in [-0.1, -0.05) is 42.4 Å². The maximum absolute atomic E-state index is 12.3. The molecular weight excluding hydrogens is 573 g/mol. The minimum absolute atomic E-state index is 0.0413. The SMILES string of the molecule is Cc1ccn([C@H]2CC(OCSSC(C)(C)C)[C@@H](COP(=O)(O)OP(=O)(O)OP(=O)(O)O)O2)c(=O)n1. The molecule has 2 heterocycles. The molecule has 0 amide bonds. The summed E-state index contributed by atoms with van der Waals surface area (Å²) in [5.74, 6) is 0.204. The van der Waals surface area contributed by atoms with Gasteiger partial charge in [0.1, 0.15) is 18.3 Å². The van der Waals surface area contributed by atoms with E-state index in [4.69, 9.17) is 23.8 Å². The zero-order valence-corrected chi connectivity index (χ0v) is 23.3. The van der Waals surface area contributed by atoms with Crippen LogP contribution in [0.1, 0.15) is 39.1 Å². The van der Waals surface area contributed by atoms with Crippen molar-refractivity contribution in [3.05, 3.63) is 28.4 Å². The Labute approximate surface area is 208 Å². The fourth-order valence-corrected chi connectivity index (χ4v) is 7.73. The molecule has 1 aromatic heterocycles. The van der Waals surface area contributed by atoms with Crippen molar-refractivity contribution in [2.75, 3.05) is 12.5 Å². The predicted molar refractivity (Wildman–Crippen MR) is 126 cm³/mol. The first kappa shape index (κ1) is 31.1. The van der Waals surface area contributed by atoms with Crippen molar-refractivity contribution in [3.8, 4) is 0 Å². The molecule has 0 spiro atoms. The van der Waals surface area contributed by atoms with E-state index in [0.717, 1.165) is 0 Å². The molecule has 15 nitrogen and oxygen atoms in total. The van der Waals surface area contributed by atoms with E-state index in [2.05, 4.69) is 13.6 Å². The number of phosphoric ester groups is 1. The van der Waals surface area contributed by atoms with Gasteiger partial charge in [-0.3, -0.25) is 9.09 Å². The van der Waals surface area contributed by atoms with E-state index in [-0.39, 0.29) is 17.1 Å². The standard InChI is InChI=1S/C15H27N2O13P3S2/c1-10-5-6-17(14(18)16-10)13-7-11(26-9-34-35-15(2,3)4)12(28-13)8-27-32(22,23)30-33(24,25)29-31(19,20)21/h5-6,11-13H,7-9H2,1-4H3,(H,22,23)(H,24,25)(H2,19,20,21)/t11?,12-,13-/m1/s1. The maximum Gasteiger partial charge on any atom is 0.490 e. The highest BCUT2D eigenvalue weighted by molar-refractivity contribution is 8.77. The molecule has 0 saturated carbocycles. The van der Waals surface area contributed by atoms with Crippen molar-refractivity contribution in [1.82, 2.24) is 9.55 Å². The van der Waals surface area contributed by atoms with Crippen molar-refractivity contribution in [2.45, 2.75) is 57.3 Å². The highest BCUT2D eigenvalue weighted by atomic mass is 33.1. The van der Waals surface area contributed by atoms with Crippen LogP contribution < -0.4 is 5.69 Å². The number of nitrogens with zero attached hydrogens (tertiary/aromatic N) is 2. The Morgan fingerprint density at radius 1 is 1.17 bits per heavy atom. The van der Waals surface area contributed by atoms with Gasteiger partial charge in [0.15, 0.2) is 0 Å². The topological polar surface area (TPSA) is 213 Å². The predicted octanol–water partition coefficient (Wildman–Crippen LogP) is 2.71. The second kappa shape index (κ2) is 12.2. The third kappa shape index (κ3) is 11.5. The molecule has 1 aliphatic rings. The molecule has 1 saturated heterocycles. The molecule has 3 unspecified atom stereocenters. The summed E-state index contributed by atoms with van der Waals surface area (Å²) in [6.07, 6.45) is -0.987. The number of phosphoric acid groups is 3. The highest BCUT2D eigenvalue weighted by Crippen LogP contribution is 2.66. The molecule has 5 atom stereocenters. The molecule has 0 aromatic carbocycles. The lowest BCUT2D eigenvalue weighted by atomic mass is 10.2. The number of hydrogen-bond donors (Lipinski definition) is 4. The summed E-state index contributed by atoms with van der Waals surface area (Å²) in [6, 6.07) is 1.59. The molecule has 2 rings (SSSR count). The second-order valence-electron chi connectivity index (χ2n) is 8.15. The largest absolute Gasteiger partial charge is 0.490 e. The quantitative estimate of drug-likeness (QED) is 0.117. The minimum atomic E-state index is -5.65. The first-order valence-electron chi connectivity index (χ1n) is 9.78. The van der Waals surface area contributed by atoms with E-state index in [1.165, 1.54) is 21.6 Å². The van der Waals surface area contributed by atoms with E-state index in [0.29, 0.717) is 5.69 Å². The van der Waals surface area contributed by atoms with Crippen LogP contribution in [0.5, 0.6) is 0 Å². The number of rotatable bonds is 12. The molecule has 202 valence electrons. The van der Waals surface area contributed by atoms with Crippen LogP contribution in [-0.4, -0.2) is 58.6 Å². The molecule has 35 heavy (non-hydrogen) atoms. The molecule has 0 bridgehead atoms. The zero-order valence-electron chi connectivity index (χ0n) is 19.0. The number of ether oxygens (including phenoxy) is 2. The molecule has 1 aliphatic heterocycles. The zero-order chi connectivity index (χ0) is 26.7. The lowest BCUT2D eigenvalue weighted by Crippen LogP contribution is -2.29. The van der Waals surface area contributed by atoms with Crippen LogP contribution in [0.3, 0.4) is 0 Å². The van der Waals surface area contributed by atoms with Crippen molar-refractivity contribution in [2.24, 2.45) is 0 Å². The third-order valence-electron chi connectivity index (χ3n) is 3.92. The number of aromatic nitrogens is 2. The Bertz CT molecular complexity index is 1070. The van der Waals surface area contributed by atoms with Gasteiger partial charge >= 0.3 is 29.2 Å². The Kier molecular flexibility index (Phi) is 10.8. The molecule has 1 fully saturated rings. The third-order valence-corrected chi connectivity index (χ3v) is 10.7. The van der Waals surface area contributed by atoms with Gasteiger partial charge in [-0.05, 0) is 13.0 Å². The Morgan fingerprint density at radius 3 is 2.40 bits per heavy atom. The van der Waals surface area contributed by atoms with Gasteiger partial charge in [0.25, 0.3) is 0 Å². The fourth-order valence-electron chi connectivity index (χ4n) is 2.70. The fraction of sp³-hybridized carbons (Fsp3) is 0.733. The average Bonchev–Trinajstić information content (AvgIpc) is 3.02. The van der Waals surface area contributed by atoms with Crippen LogP contribution in [0.25, 0.3) is 0 Å². The van der Waals surface area contributed by atoms with Crippen molar-refractivity contribution >= 4 is 45.1 Å². The molecule has 0 radical (unpaired) electrons. The van der Waals surface area contributed by atoms with Crippen LogP contribution in [-0.2, 0) is 36.3 Å². The van der Waals surface area contributed by atoms with Crippen LogP contribution in [0.15, 0.2) is 17.1 Å². The molecule has 0 aliphatic carbocycles. The monoisotopic (exact) mass is 600 g/mol. The van der Waals surface area contributed by atoms with Crippen LogP contribution in [0, 0.1) is 6.92 Å². The van der Waals surface area contributed by atoms with E-state index in [9.17, 15) is 28.3 Å². The van der Waals surface area contributed by atoms with E-state index >= 15 is 0 Å². The van der Waals surface area contributed by atoms with Crippen LogP contribution in [0.2, 0.25) is 0 Å². The summed E-state index contributed by atoms with van der Waals surface area (Å²) in [5.41, 5.74) is -0.0863. The minimum Gasteiger partial charge on any atom is -0.364 e. The van der Waals surface area contributed by atoms with Gasteiger partial charge in [-0.25, -0.2) is 18.5 Å². The van der Waals surface area contributed by atoms with Crippen molar-refractivity contribution in [3.63, 3.8) is 0 Å². The summed E-state index contributed by atoms with van der Waals surface area (Å²) < 4.78 is 59.2. The van der Waals surface area contributed by atoms with Gasteiger partial charge in [-0.15, -0.1) is 0 Å². The average molecular weight is 600 g/mol. The van der Waals surface area contributed by atoms with E-state index in [1.54, 1.807) is 23.8 Å². The first-order chi connectivity index (χ1) is 15.9. The lowest BCUT2D eigenvalue weighted by molar-refractivity contribution is -0.0543. The molecule has 20 heteroatoms. The van der Waals surface area contributed by atoms with Gasteiger partial charge < -0.3 is 29.0 Å². The number of aryl methyl sites for hydroxylation is 1. The van der Waals surface area contributed by atoms with E-state index < -0.39 is 54.2 Å². The summed E-state index contributed by atoms with van der Waals surface area (Å²) in [4.78, 5) is 52.3. The highest BCUT2D eigenvalue weighted by Gasteiger charge is 2.43. The number of hydrogen-bond acceptors (Lipinski definition) is 12. The van der Waals surface area contributed by atoms with Crippen LogP contribution >= 0.6 is 45.1 Å². The molecule has 4 N–H and O–H groups in total. The summed E-state index contributed by atoms with van der Waals surface area (Å²) >= 11 is 0. The van der Waals surface area contributed by atoms with Crippen molar-refractivity contribution < 1.29 is 55.9 Å². The second-order valence-corrected chi connectivity index (χ2v) is 15.6. The van der Waals surface area contributed by atoms with Gasteiger partial charge in [0.05, 0.1) is 12.7 Å². The Morgan fingerprint density at radius 2 is 1.83 bits per heavy atom. The molecule has 1 aromatic rings. The lowest BCUT2D eigenvalue weighted by Gasteiger charge is -2.22. The molecular formula is C15H27N2O13P3S2.